The molecule has 0 radical (unpaired) electrons. The first-order chi connectivity index (χ1) is 13.2. The molecule has 0 spiro atoms. The minimum atomic E-state index is 0.147. The second-order valence-electron chi connectivity index (χ2n) is 6.89. The van der Waals surface area contributed by atoms with Gasteiger partial charge in [0.15, 0.2) is 5.96 Å². The molecule has 0 bridgehead atoms. The largest absolute Gasteiger partial charge is 0.370 e. The Bertz CT molecular complexity index is 569. The number of carbonyl (C=O) groups excluding carboxylic acids is 1. The van der Waals surface area contributed by atoms with Gasteiger partial charge in [-0.2, -0.15) is 0 Å². The van der Waals surface area contributed by atoms with Crippen LogP contribution in [0.5, 0.6) is 0 Å². The number of aromatic nitrogens is 1. The predicted octanol–water partition coefficient (Wildman–Crippen LogP) is 2.09. The van der Waals surface area contributed by atoms with Crippen molar-refractivity contribution in [3.63, 3.8) is 0 Å². The van der Waals surface area contributed by atoms with Gasteiger partial charge in [0, 0.05) is 52.4 Å². The highest BCUT2D eigenvalue weighted by molar-refractivity contribution is 5.80. The summed E-state index contributed by atoms with van der Waals surface area (Å²) in [6.07, 6.45) is 6.64. The van der Waals surface area contributed by atoms with E-state index in [2.05, 4.69) is 32.8 Å². The lowest BCUT2D eigenvalue weighted by Gasteiger charge is -2.34. The summed E-state index contributed by atoms with van der Waals surface area (Å²) in [5, 5.41) is 9.46. The van der Waals surface area contributed by atoms with E-state index in [1.165, 1.54) is 0 Å². The molecule has 1 aliphatic heterocycles. The van der Waals surface area contributed by atoms with Gasteiger partial charge in [0.25, 0.3) is 0 Å². The van der Waals surface area contributed by atoms with Crippen LogP contribution in [0.25, 0.3) is 0 Å². The van der Waals surface area contributed by atoms with E-state index in [1.54, 1.807) is 13.2 Å². The molecule has 0 unspecified atom stereocenters. The monoisotopic (exact) mass is 374 g/mol. The number of unbranched alkanes of at least 4 members (excludes halogenated alkanes) is 1. The number of guanidine groups is 1. The summed E-state index contributed by atoms with van der Waals surface area (Å²) in [5.74, 6) is 2.57. The number of aliphatic imine (C=N–C) groups is 1. The molecule has 1 aliphatic rings. The maximum atomic E-state index is 11.5. The third-order valence-electron chi connectivity index (χ3n) is 4.82. The summed E-state index contributed by atoms with van der Waals surface area (Å²) < 4.78 is 0. The molecule has 27 heavy (non-hydrogen) atoms. The number of hydrogen-bond donors (Lipinski definition) is 3. The van der Waals surface area contributed by atoms with Crippen LogP contribution in [0.15, 0.2) is 29.4 Å². The Morgan fingerprint density at radius 2 is 2.11 bits per heavy atom. The lowest BCUT2D eigenvalue weighted by molar-refractivity contribution is -0.121. The quantitative estimate of drug-likeness (QED) is 0.350. The van der Waals surface area contributed by atoms with Crippen LogP contribution in [0, 0.1) is 5.92 Å². The number of pyridine rings is 1. The van der Waals surface area contributed by atoms with E-state index in [9.17, 15) is 4.79 Å². The van der Waals surface area contributed by atoms with E-state index in [0.717, 1.165) is 70.2 Å². The molecule has 0 aliphatic carbocycles. The van der Waals surface area contributed by atoms with Gasteiger partial charge in [-0.15, -0.1) is 0 Å². The Hall–Kier alpha value is -2.31. The molecule has 3 N–H and O–H groups in total. The van der Waals surface area contributed by atoms with Crippen LogP contribution >= 0.6 is 0 Å². The molecule has 1 fully saturated rings. The fraction of sp³-hybridized carbons (Fsp3) is 0.650. The average molecular weight is 375 g/mol. The van der Waals surface area contributed by atoms with Crippen LogP contribution in [0.1, 0.15) is 39.0 Å². The van der Waals surface area contributed by atoms with Gasteiger partial charge in [-0.05, 0) is 50.7 Å². The molecular weight excluding hydrogens is 340 g/mol. The van der Waals surface area contributed by atoms with Gasteiger partial charge in [-0.3, -0.25) is 9.79 Å². The van der Waals surface area contributed by atoms with Crippen molar-refractivity contribution in [1.82, 2.24) is 20.5 Å². The zero-order valence-electron chi connectivity index (χ0n) is 16.7. The number of piperidine rings is 1. The normalized spacial score (nSPS) is 15.5. The van der Waals surface area contributed by atoms with Gasteiger partial charge in [0.2, 0.25) is 5.91 Å². The molecule has 150 valence electrons. The maximum Gasteiger partial charge on any atom is 0.220 e. The number of nitrogens with zero attached hydrogens (tertiary/aromatic N) is 3. The van der Waals surface area contributed by atoms with Crippen LogP contribution < -0.4 is 16.0 Å². The molecule has 2 rings (SSSR count). The predicted molar refractivity (Wildman–Crippen MR) is 111 cm³/mol. The van der Waals surface area contributed by atoms with Crippen LogP contribution in [0.4, 0.5) is 5.82 Å². The summed E-state index contributed by atoms with van der Waals surface area (Å²) in [7, 11) is 1.71. The Morgan fingerprint density at radius 1 is 1.30 bits per heavy atom. The van der Waals surface area contributed by atoms with Gasteiger partial charge in [-0.1, -0.05) is 6.07 Å². The number of carbonyl (C=O) groups is 1. The van der Waals surface area contributed by atoms with E-state index in [4.69, 9.17) is 4.99 Å². The van der Waals surface area contributed by atoms with E-state index < -0.39 is 0 Å². The molecule has 1 saturated heterocycles. The zero-order valence-corrected chi connectivity index (χ0v) is 16.7. The van der Waals surface area contributed by atoms with E-state index in [0.29, 0.717) is 12.3 Å². The van der Waals surface area contributed by atoms with Crippen molar-refractivity contribution in [1.29, 1.82) is 0 Å². The first-order valence-electron chi connectivity index (χ1n) is 10.1. The average Bonchev–Trinajstić information content (AvgIpc) is 2.71. The van der Waals surface area contributed by atoms with Crippen LogP contribution in [0.2, 0.25) is 0 Å². The van der Waals surface area contributed by atoms with Crippen LogP contribution in [-0.4, -0.2) is 61.5 Å². The summed E-state index contributed by atoms with van der Waals surface area (Å²) in [6.45, 7) is 6.64. The summed E-state index contributed by atoms with van der Waals surface area (Å²) >= 11 is 0. The molecule has 7 heteroatoms. The van der Waals surface area contributed by atoms with Crippen molar-refractivity contribution in [2.75, 3.05) is 45.1 Å². The first kappa shape index (κ1) is 21.0. The van der Waals surface area contributed by atoms with E-state index >= 15 is 0 Å². The number of hydrogen-bond acceptors (Lipinski definition) is 4. The van der Waals surface area contributed by atoms with Crippen molar-refractivity contribution >= 4 is 17.7 Å². The van der Waals surface area contributed by atoms with Gasteiger partial charge < -0.3 is 20.9 Å². The molecule has 2 heterocycles. The molecule has 1 aromatic rings. The summed E-state index contributed by atoms with van der Waals surface area (Å²) in [4.78, 5) is 22.9. The maximum absolute atomic E-state index is 11.5. The van der Waals surface area contributed by atoms with Crippen LogP contribution in [0.3, 0.4) is 0 Å². The second-order valence-corrected chi connectivity index (χ2v) is 6.89. The van der Waals surface area contributed by atoms with Crippen molar-refractivity contribution in [3.05, 3.63) is 24.4 Å². The van der Waals surface area contributed by atoms with E-state index in [1.807, 2.05) is 18.2 Å². The van der Waals surface area contributed by atoms with Gasteiger partial charge in [-0.25, -0.2) is 4.98 Å². The second kappa shape index (κ2) is 12.1. The summed E-state index contributed by atoms with van der Waals surface area (Å²) in [6, 6.07) is 5.89. The highest BCUT2D eigenvalue weighted by atomic mass is 16.1. The third-order valence-corrected chi connectivity index (χ3v) is 4.82. The lowest BCUT2D eigenvalue weighted by atomic mass is 9.93. The standard InChI is InChI=1S/C20H34N6O/c1-3-22-20(26-14-9-17(10-15-26)16-19(27)21-2)25-13-7-6-12-24-18-8-4-5-11-23-18/h4-5,8,11,17H,3,6-7,9-10,12-16H2,1-2H3,(H,21,27)(H,22,25)(H,23,24). The zero-order chi connectivity index (χ0) is 19.3. The third kappa shape index (κ3) is 7.85. The van der Waals surface area contributed by atoms with Crippen molar-refractivity contribution in [3.8, 4) is 0 Å². The Balaban J connectivity index is 1.68. The number of anilines is 1. The topological polar surface area (TPSA) is 81.7 Å². The molecule has 0 aromatic carbocycles. The number of nitrogens with one attached hydrogen (secondary N) is 3. The first-order valence-corrected chi connectivity index (χ1v) is 10.1. The smallest absolute Gasteiger partial charge is 0.220 e. The Kier molecular flexibility index (Phi) is 9.44. The number of amides is 1. The number of rotatable bonds is 9. The lowest BCUT2D eigenvalue weighted by Crippen LogP contribution is -2.46. The fourth-order valence-electron chi connectivity index (χ4n) is 3.24. The van der Waals surface area contributed by atoms with Crippen molar-refractivity contribution in [2.45, 2.75) is 39.0 Å². The molecule has 1 amide bonds. The van der Waals surface area contributed by atoms with Gasteiger partial charge in [0.1, 0.15) is 5.82 Å². The van der Waals surface area contributed by atoms with Gasteiger partial charge >= 0.3 is 0 Å². The van der Waals surface area contributed by atoms with E-state index in [-0.39, 0.29) is 5.91 Å². The highest BCUT2D eigenvalue weighted by Crippen LogP contribution is 2.20. The molecule has 1 aromatic heterocycles. The van der Waals surface area contributed by atoms with Crippen LogP contribution in [-0.2, 0) is 4.79 Å². The highest BCUT2D eigenvalue weighted by Gasteiger charge is 2.22. The Morgan fingerprint density at radius 3 is 2.78 bits per heavy atom. The molecule has 0 atom stereocenters. The molecule has 0 saturated carbocycles. The van der Waals surface area contributed by atoms with Gasteiger partial charge in [0.05, 0.1) is 0 Å². The minimum Gasteiger partial charge on any atom is -0.370 e. The molecule has 7 nitrogen and oxygen atoms in total. The minimum absolute atomic E-state index is 0.147. The van der Waals surface area contributed by atoms with Crippen molar-refractivity contribution < 1.29 is 4.79 Å². The van der Waals surface area contributed by atoms with Crippen molar-refractivity contribution in [2.24, 2.45) is 10.9 Å². The fourth-order valence-corrected chi connectivity index (χ4v) is 3.24. The number of likely N-dealkylation sites (tertiary alicyclic amines) is 1. The Labute approximate surface area is 163 Å². The summed E-state index contributed by atoms with van der Waals surface area (Å²) in [5.41, 5.74) is 0. The SMILES string of the molecule is CCNC(=NCCCCNc1ccccn1)N1CCC(CC(=O)NC)CC1. The molecular formula is C20H34N6O.